The normalized spacial score (nSPS) is 11.8. The summed E-state index contributed by atoms with van der Waals surface area (Å²) in [4.78, 5) is 5.87. The third-order valence-electron chi connectivity index (χ3n) is 2.06. The van der Waals surface area contributed by atoms with Gasteiger partial charge in [0, 0.05) is 10.0 Å². The minimum absolute atomic E-state index is 0.0867. The minimum atomic E-state index is -4.44. The number of aromatic amines is 1. The summed E-state index contributed by atoms with van der Waals surface area (Å²) in [6.45, 7) is 0. The lowest BCUT2D eigenvalue weighted by atomic mass is 10.2. The van der Waals surface area contributed by atoms with Gasteiger partial charge in [-0.3, -0.25) is 0 Å². The van der Waals surface area contributed by atoms with Crippen molar-refractivity contribution in [2.75, 3.05) is 0 Å². The van der Waals surface area contributed by atoms with Crippen LogP contribution in [0.1, 0.15) is 5.69 Å². The highest BCUT2D eigenvalue weighted by Gasteiger charge is 2.33. The Morgan fingerprint density at radius 1 is 1.29 bits per heavy atom. The number of aromatic nitrogens is 2. The number of hydrogen-bond donors (Lipinski definition) is 1. The van der Waals surface area contributed by atoms with E-state index in [-0.39, 0.29) is 5.82 Å². The average Bonchev–Trinajstić information content (AvgIpc) is 2.70. The fourth-order valence-electron chi connectivity index (χ4n) is 1.28. The van der Waals surface area contributed by atoms with Gasteiger partial charge in [0.15, 0.2) is 0 Å². The van der Waals surface area contributed by atoms with Gasteiger partial charge in [-0.05, 0) is 18.2 Å². The van der Waals surface area contributed by atoms with E-state index in [1.165, 1.54) is 0 Å². The van der Waals surface area contributed by atoms with Crippen LogP contribution in [-0.2, 0) is 6.18 Å². The molecule has 0 unspecified atom stereocenters. The Hall–Kier alpha value is -1.01. The summed E-state index contributed by atoms with van der Waals surface area (Å²) in [6.07, 6.45) is -3.70. The molecular formula is C10H5BrClF3N2. The Morgan fingerprint density at radius 3 is 2.59 bits per heavy atom. The summed E-state index contributed by atoms with van der Waals surface area (Å²) in [5.41, 5.74) is -0.486. The van der Waals surface area contributed by atoms with Gasteiger partial charge in [0.1, 0.15) is 11.5 Å². The third kappa shape index (κ3) is 2.63. The van der Waals surface area contributed by atoms with Crippen molar-refractivity contribution in [3.05, 3.63) is 39.6 Å². The molecule has 1 aromatic heterocycles. The molecule has 0 aliphatic heterocycles. The average molecular weight is 326 g/mol. The van der Waals surface area contributed by atoms with Crippen molar-refractivity contribution in [1.82, 2.24) is 9.97 Å². The van der Waals surface area contributed by atoms with Crippen molar-refractivity contribution >= 4 is 27.5 Å². The zero-order valence-corrected chi connectivity index (χ0v) is 10.5. The molecule has 0 fully saturated rings. The fourth-order valence-corrected chi connectivity index (χ4v) is 1.85. The van der Waals surface area contributed by atoms with Crippen molar-refractivity contribution in [2.24, 2.45) is 0 Å². The van der Waals surface area contributed by atoms with E-state index in [0.717, 1.165) is 6.20 Å². The van der Waals surface area contributed by atoms with E-state index in [4.69, 9.17) is 11.6 Å². The topological polar surface area (TPSA) is 28.7 Å². The SMILES string of the molecule is FC(F)(F)c1cnc(-c2cc(Br)ccc2Cl)[nH]1. The van der Waals surface area contributed by atoms with Crippen molar-refractivity contribution in [2.45, 2.75) is 6.18 Å². The Bertz CT molecular complexity index is 551. The first-order chi connectivity index (χ1) is 7.88. The molecule has 0 atom stereocenters. The molecule has 1 heterocycles. The van der Waals surface area contributed by atoms with E-state index in [1.54, 1.807) is 18.2 Å². The molecule has 0 saturated carbocycles. The van der Waals surface area contributed by atoms with E-state index in [2.05, 4.69) is 25.9 Å². The summed E-state index contributed by atoms with van der Waals surface area (Å²) < 4.78 is 37.9. The predicted octanol–water partition coefficient (Wildman–Crippen LogP) is 4.51. The van der Waals surface area contributed by atoms with Crippen molar-refractivity contribution < 1.29 is 13.2 Å². The molecule has 0 spiro atoms. The summed E-state index contributed by atoms with van der Waals surface area (Å²) in [5.74, 6) is 0.0867. The molecule has 0 radical (unpaired) electrons. The molecule has 0 aliphatic rings. The van der Waals surface area contributed by atoms with Crippen LogP contribution in [-0.4, -0.2) is 9.97 Å². The molecule has 17 heavy (non-hydrogen) atoms. The number of rotatable bonds is 1. The van der Waals surface area contributed by atoms with Crippen LogP contribution in [0, 0.1) is 0 Å². The molecular weight excluding hydrogens is 320 g/mol. The maximum Gasteiger partial charge on any atom is 0.432 e. The minimum Gasteiger partial charge on any atom is -0.334 e. The molecule has 0 aliphatic carbocycles. The van der Waals surface area contributed by atoms with Gasteiger partial charge in [-0.15, -0.1) is 0 Å². The molecule has 2 rings (SSSR count). The lowest BCUT2D eigenvalue weighted by Gasteiger charge is -2.03. The molecule has 90 valence electrons. The Kier molecular flexibility index (Phi) is 3.18. The maximum absolute atomic E-state index is 12.4. The molecule has 2 aromatic rings. The first-order valence-corrected chi connectivity index (χ1v) is 5.62. The summed E-state index contributed by atoms with van der Waals surface area (Å²) in [6, 6.07) is 4.87. The number of hydrogen-bond acceptors (Lipinski definition) is 1. The Morgan fingerprint density at radius 2 is 2.00 bits per heavy atom. The van der Waals surface area contributed by atoms with Gasteiger partial charge >= 0.3 is 6.18 Å². The summed E-state index contributed by atoms with van der Waals surface area (Å²) in [7, 11) is 0. The molecule has 1 N–H and O–H groups in total. The van der Waals surface area contributed by atoms with Crippen LogP contribution in [0.4, 0.5) is 13.2 Å². The smallest absolute Gasteiger partial charge is 0.334 e. The second kappa shape index (κ2) is 4.34. The zero-order valence-electron chi connectivity index (χ0n) is 8.15. The number of alkyl halides is 3. The van der Waals surface area contributed by atoms with Crippen molar-refractivity contribution in [3.8, 4) is 11.4 Å². The number of nitrogens with one attached hydrogen (secondary N) is 1. The number of halogens is 5. The lowest BCUT2D eigenvalue weighted by molar-refractivity contribution is -0.140. The van der Waals surface area contributed by atoms with Crippen LogP contribution < -0.4 is 0 Å². The first kappa shape index (κ1) is 12.4. The monoisotopic (exact) mass is 324 g/mol. The van der Waals surface area contributed by atoms with E-state index in [1.807, 2.05) is 0 Å². The van der Waals surface area contributed by atoms with Gasteiger partial charge < -0.3 is 4.98 Å². The molecule has 0 bridgehead atoms. The van der Waals surface area contributed by atoms with Gasteiger partial charge in [-0.1, -0.05) is 27.5 Å². The fraction of sp³-hybridized carbons (Fsp3) is 0.100. The first-order valence-electron chi connectivity index (χ1n) is 4.45. The quantitative estimate of drug-likeness (QED) is 0.821. The van der Waals surface area contributed by atoms with Gasteiger partial charge in [-0.25, -0.2) is 4.98 Å². The standard InChI is InChI=1S/C10H5BrClF3N2/c11-5-1-2-7(12)6(3-5)9-16-4-8(17-9)10(13,14)15/h1-4H,(H,16,17). The predicted molar refractivity (Wildman–Crippen MR) is 61.7 cm³/mol. The van der Waals surface area contributed by atoms with Gasteiger partial charge in [0.05, 0.1) is 11.2 Å². The zero-order chi connectivity index (χ0) is 12.6. The second-order valence-corrected chi connectivity index (χ2v) is 4.59. The van der Waals surface area contributed by atoms with E-state index in [0.29, 0.717) is 15.1 Å². The van der Waals surface area contributed by atoms with Crippen LogP contribution in [0.3, 0.4) is 0 Å². The number of H-pyrrole nitrogens is 1. The third-order valence-corrected chi connectivity index (χ3v) is 2.89. The molecule has 7 heteroatoms. The second-order valence-electron chi connectivity index (χ2n) is 3.27. The Labute approximate surface area is 108 Å². The van der Waals surface area contributed by atoms with Gasteiger partial charge in [0.2, 0.25) is 0 Å². The van der Waals surface area contributed by atoms with Crippen molar-refractivity contribution in [1.29, 1.82) is 0 Å². The Balaban J connectivity index is 2.47. The van der Waals surface area contributed by atoms with E-state index >= 15 is 0 Å². The molecule has 0 amide bonds. The van der Waals surface area contributed by atoms with E-state index < -0.39 is 11.9 Å². The van der Waals surface area contributed by atoms with Crippen LogP contribution in [0.25, 0.3) is 11.4 Å². The number of nitrogens with zero attached hydrogens (tertiary/aromatic N) is 1. The number of imidazole rings is 1. The van der Waals surface area contributed by atoms with Crippen LogP contribution >= 0.6 is 27.5 Å². The van der Waals surface area contributed by atoms with Gasteiger partial charge in [0.25, 0.3) is 0 Å². The van der Waals surface area contributed by atoms with E-state index in [9.17, 15) is 13.2 Å². The number of benzene rings is 1. The van der Waals surface area contributed by atoms with Crippen LogP contribution in [0.2, 0.25) is 5.02 Å². The lowest BCUT2D eigenvalue weighted by Crippen LogP contribution is -2.04. The summed E-state index contributed by atoms with van der Waals surface area (Å²) in [5, 5.41) is 0.330. The van der Waals surface area contributed by atoms with Crippen LogP contribution in [0.5, 0.6) is 0 Å². The summed E-state index contributed by atoms with van der Waals surface area (Å²) >= 11 is 9.11. The van der Waals surface area contributed by atoms with Crippen LogP contribution in [0.15, 0.2) is 28.9 Å². The molecule has 2 nitrogen and oxygen atoms in total. The maximum atomic E-state index is 12.4. The highest BCUT2D eigenvalue weighted by molar-refractivity contribution is 9.10. The highest BCUT2D eigenvalue weighted by atomic mass is 79.9. The molecule has 0 saturated heterocycles. The highest BCUT2D eigenvalue weighted by Crippen LogP contribution is 2.32. The van der Waals surface area contributed by atoms with Gasteiger partial charge in [-0.2, -0.15) is 13.2 Å². The molecule has 1 aromatic carbocycles. The largest absolute Gasteiger partial charge is 0.432 e. The van der Waals surface area contributed by atoms with Crippen molar-refractivity contribution in [3.63, 3.8) is 0 Å².